The van der Waals surface area contributed by atoms with Crippen LogP contribution in [0.4, 0.5) is 0 Å². The molecule has 1 saturated heterocycles. The van der Waals surface area contributed by atoms with Gasteiger partial charge in [-0.1, -0.05) is 13.3 Å². The Morgan fingerprint density at radius 1 is 1.33 bits per heavy atom. The quantitative estimate of drug-likeness (QED) is 0.825. The smallest absolute Gasteiger partial charge is 0.225 e. The molecule has 21 heavy (non-hydrogen) atoms. The predicted molar refractivity (Wildman–Crippen MR) is 84.0 cm³/mol. The van der Waals surface area contributed by atoms with Crippen molar-refractivity contribution in [2.45, 2.75) is 51.1 Å². The molecular weight excluding hydrogens is 266 g/mol. The third-order valence-corrected chi connectivity index (χ3v) is 5.03. The first-order valence-electron chi connectivity index (χ1n) is 8.43. The zero-order valence-corrected chi connectivity index (χ0v) is 13.6. The fourth-order valence-electron chi connectivity index (χ4n) is 3.69. The Kier molecular flexibility index (Phi) is 6.45. The zero-order chi connectivity index (χ0) is 15.2. The molecule has 0 radical (unpaired) electrons. The molecule has 0 aromatic heterocycles. The summed E-state index contributed by atoms with van der Waals surface area (Å²) in [4.78, 5) is 17.2. The number of nitrogens with zero attached hydrogens (tertiary/aromatic N) is 2. The first kappa shape index (κ1) is 16.7. The monoisotopic (exact) mass is 297 g/mol. The summed E-state index contributed by atoms with van der Waals surface area (Å²) < 4.78 is 5.18. The molecule has 1 heterocycles. The van der Waals surface area contributed by atoms with Gasteiger partial charge in [-0.05, 0) is 25.7 Å². The summed E-state index contributed by atoms with van der Waals surface area (Å²) in [6.45, 7) is 6.62. The average Bonchev–Trinajstić information content (AvgIpc) is 2.52. The third kappa shape index (κ3) is 4.41. The van der Waals surface area contributed by atoms with Crippen LogP contribution in [0, 0.1) is 5.92 Å². The average molecular weight is 297 g/mol. The zero-order valence-electron chi connectivity index (χ0n) is 13.6. The van der Waals surface area contributed by atoms with Crippen LogP contribution in [0.25, 0.3) is 0 Å². The summed E-state index contributed by atoms with van der Waals surface area (Å²) in [6, 6.07) is 0.688. The van der Waals surface area contributed by atoms with Gasteiger partial charge in [0.25, 0.3) is 0 Å². The van der Waals surface area contributed by atoms with Crippen LogP contribution in [0.2, 0.25) is 0 Å². The van der Waals surface area contributed by atoms with E-state index in [0.717, 1.165) is 64.9 Å². The van der Waals surface area contributed by atoms with Crippen LogP contribution in [0.1, 0.15) is 39.0 Å². The highest BCUT2D eigenvalue weighted by Crippen LogP contribution is 2.26. The molecular formula is C16H31N3O2. The van der Waals surface area contributed by atoms with Gasteiger partial charge in [0.05, 0.1) is 6.61 Å². The molecule has 0 spiro atoms. The molecule has 3 atom stereocenters. The molecule has 2 aliphatic rings. The SMILES string of the molecule is CCC1CN(C(=O)C2CCCC(N)C2)CCN1CCOC. The van der Waals surface area contributed by atoms with Crippen LogP contribution in [0.3, 0.4) is 0 Å². The predicted octanol–water partition coefficient (Wildman–Crippen LogP) is 1.07. The number of hydrogen-bond acceptors (Lipinski definition) is 4. The number of hydrogen-bond donors (Lipinski definition) is 1. The van der Waals surface area contributed by atoms with Crippen molar-refractivity contribution in [3.8, 4) is 0 Å². The summed E-state index contributed by atoms with van der Waals surface area (Å²) >= 11 is 0. The van der Waals surface area contributed by atoms with Crippen LogP contribution in [0.5, 0.6) is 0 Å². The van der Waals surface area contributed by atoms with Crippen LogP contribution < -0.4 is 5.73 Å². The molecule has 1 aliphatic carbocycles. The highest BCUT2D eigenvalue weighted by molar-refractivity contribution is 5.79. The van der Waals surface area contributed by atoms with Crippen molar-refractivity contribution < 1.29 is 9.53 Å². The molecule has 2 rings (SSSR count). The highest BCUT2D eigenvalue weighted by Gasteiger charge is 2.33. The van der Waals surface area contributed by atoms with Crippen molar-refractivity contribution >= 4 is 5.91 Å². The third-order valence-electron chi connectivity index (χ3n) is 5.03. The second-order valence-electron chi connectivity index (χ2n) is 6.50. The Balaban J connectivity index is 1.88. The number of piperazine rings is 1. The van der Waals surface area contributed by atoms with Crippen LogP contribution >= 0.6 is 0 Å². The van der Waals surface area contributed by atoms with E-state index < -0.39 is 0 Å². The molecule has 1 amide bonds. The maximum absolute atomic E-state index is 12.7. The first-order valence-corrected chi connectivity index (χ1v) is 8.43. The van der Waals surface area contributed by atoms with Gasteiger partial charge in [-0.3, -0.25) is 9.69 Å². The van der Waals surface area contributed by atoms with E-state index in [-0.39, 0.29) is 12.0 Å². The number of nitrogens with two attached hydrogens (primary N) is 1. The molecule has 1 saturated carbocycles. The minimum absolute atomic E-state index is 0.164. The van der Waals surface area contributed by atoms with Crippen molar-refractivity contribution in [2.24, 2.45) is 11.7 Å². The molecule has 2 N–H and O–H groups in total. The van der Waals surface area contributed by atoms with E-state index in [1.165, 1.54) is 0 Å². The summed E-state index contributed by atoms with van der Waals surface area (Å²) in [5.41, 5.74) is 6.03. The number of ether oxygens (including phenoxy) is 1. The second kappa shape index (κ2) is 8.11. The minimum Gasteiger partial charge on any atom is -0.383 e. The Labute approximate surface area is 128 Å². The lowest BCUT2D eigenvalue weighted by Crippen LogP contribution is -2.56. The maximum Gasteiger partial charge on any atom is 0.225 e. The molecule has 0 aromatic carbocycles. The Morgan fingerprint density at radius 2 is 2.14 bits per heavy atom. The summed E-state index contributed by atoms with van der Waals surface area (Å²) in [6.07, 6.45) is 5.15. The van der Waals surface area contributed by atoms with E-state index in [4.69, 9.17) is 10.5 Å². The molecule has 3 unspecified atom stereocenters. The fraction of sp³-hybridized carbons (Fsp3) is 0.938. The normalized spacial score (nSPS) is 31.4. The minimum atomic E-state index is 0.164. The van der Waals surface area contributed by atoms with Gasteiger partial charge >= 0.3 is 0 Å². The maximum atomic E-state index is 12.7. The highest BCUT2D eigenvalue weighted by atomic mass is 16.5. The van der Waals surface area contributed by atoms with Gasteiger partial charge in [0, 0.05) is 51.3 Å². The van der Waals surface area contributed by atoms with E-state index in [9.17, 15) is 4.79 Å². The largest absolute Gasteiger partial charge is 0.383 e. The molecule has 2 fully saturated rings. The van der Waals surface area contributed by atoms with Crippen LogP contribution in [-0.4, -0.2) is 67.7 Å². The van der Waals surface area contributed by atoms with E-state index in [1.54, 1.807) is 7.11 Å². The first-order chi connectivity index (χ1) is 10.2. The van der Waals surface area contributed by atoms with E-state index >= 15 is 0 Å². The summed E-state index contributed by atoms with van der Waals surface area (Å²) in [5, 5.41) is 0. The van der Waals surface area contributed by atoms with Gasteiger partial charge in [-0.25, -0.2) is 0 Å². The van der Waals surface area contributed by atoms with Crippen molar-refractivity contribution in [3.63, 3.8) is 0 Å². The van der Waals surface area contributed by atoms with Gasteiger partial charge in [0.15, 0.2) is 0 Å². The van der Waals surface area contributed by atoms with Crippen molar-refractivity contribution in [1.29, 1.82) is 0 Å². The van der Waals surface area contributed by atoms with E-state index in [0.29, 0.717) is 11.9 Å². The molecule has 5 heteroatoms. The van der Waals surface area contributed by atoms with Crippen LogP contribution in [0.15, 0.2) is 0 Å². The van der Waals surface area contributed by atoms with E-state index in [2.05, 4.69) is 16.7 Å². The molecule has 0 bridgehead atoms. The molecule has 1 aliphatic heterocycles. The number of methoxy groups -OCH3 is 1. The molecule has 0 aromatic rings. The van der Waals surface area contributed by atoms with Crippen molar-refractivity contribution in [1.82, 2.24) is 9.80 Å². The standard InChI is InChI=1S/C16H31N3O2/c1-3-15-12-19(8-7-18(15)9-10-21-2)16(20)13-5-4-6-14(17)11-13/h13-15H,3-12,17H2,1-2H3. The van der Waals surface area contributed by atoms with E-state index in [1.807, 2.05) is 0 Å². The lowest BCUT2D eigenvalue weighted by atomic mass is 9.85. The second-order valence-corrected chi connectivity index (χ2v) is 6.50. The van der Waals surface area contributed by atoms with Gasteiger partial charge in [-0.15, -0.1) is 0 Å². The van der Waals surface area contributed by atoms with Gasteiger partial charge in [-0.2, -0.15) is 0 Å². The number of rotatable bonds is 5. The van der Waals surface area contributed by atoms with Crippen molar-refractivity contribution in [2.75, 3.05) is 39.9 Å². The number of carbonyl (C=O) groups is 1. The van der Waals surface area contributed by atoms with Crippen LogP contribution in [-0.2, 0) is 9.53 Å². The Bertz CT molecular complexity index is 337. The van der Waals surface area contributed by atoms with Gasteiger partial charge < -0.3 is 15.4 Å². The Morgan fingerprint density at radius 3 is 2.81 bits per heavy atom. The summed E-state index contributed by atoms with van der Waals surface area (Å²) in [5.74, 6) is 0.506. The van der Waals surface area contributed by atoms with Gasteiger partial charge in [0.2, 0.25) is 5.91 Å². The molecule has 122 valence electrons. The topological polar surface area (TPSA) is 58.8 Å². The lowest BCUT2D eigenvalue weighted by Gasteiger charge is -2.42. The number of amides is 1. The van der Waals surface area contributed by atoms with Gasteiger partial charge in [0.1, 0.15) is 0 Å². The van der Waals surface area contributed by atoms with Crippen molar-refractivity contribution in [3.05, 3.63) is 0 Å². The lowest BCUT2D eigenvalue weighted by molar-refractivity contribution is -0.140. The fourth-order valence-corrected chi connectivity index (χ4v) is 3.69. The Hall–Kier alpha value is -0.650. The summed E-state index contributed by atoms with van der Waals surface area (Å²) in [7, 11) is 1.74. The molecule has 5 nitrogen and oxygen atoms in total. The number of carbonyl (C=O) groups excluding carboxylic acids is 1.